The maximum Gasteiger partial charge on any atom is 0.159 e. The lowest BCUT2D eigenvalue weighted by Gasteiger charge is -2.40. The lowest BCUT2D eigenvalue weighted by Crippen LogP contribution is -2.45. The van der Waals surface area contributed by atoms with E-state index in [1.54, 1.807) is 6.07 Å². The number of aliphatic hydroxyl groups excluding tert-OH is 1. The molecule has 1 saturated carbocycles. The summed E-state index contributed by atoms with van der Waals surface area (Å²) in [5.74, 6) is -1.22. The molecule has 0 spiro atoms. The summed E-state index contributed by atoms with van der Waals surface area (Å²) in [6, 6.07) is 4.54. The predicted molar refractivity (Wildman–Crippen MR) is 77.8 cm³/mol. The number of nitrogens with zero attached hydrogens (tertiary/aromatic N) is 1. The number of likely N-dealkylation sites (tertiary alicyclic amines) is 1. The van der Waals surface area contributed by atoms with E-state index in [0.717, 1.165) is 44.2 Å². The van der Waals surface area contributed by atoms with Crippen molar-refractivity contribution < 1.29 is 13.9 Å². The molecule has 0 aromatic heterocycles. The van der Waals surface area contributed by atoms with Gasteiger partial charge in [-0.15, -0.1) is 0 Å². The van der Waals surface area contributed by atoms with Crippen LogP contribution < -0.4 is 0 Å². The van der Waals surface area contributed by atoms with Gasteiger partial charge in [0.25, 0.3) is 0 Å². The van der Waals surface area contributed by atoms with Gasteiger partial charge < -0.3 is 5.11 Å². The molecule has 1 saturated heterocycles. The van der Waals surface area contributed by atoms with Gasteiger partial charge in [-0.2, -0.15) is 0 Å². The molecule has 21 heavy (non-hydrogen) atoms. The summed E-state index contributed by atoms with van der Waals surface area (Å²) in [7, 11) is 0. The van der Waals surface area contributed by atoms with Crippen molar-refractivity contribution in [2.45, 2.75) is 57.2 Å². The van der Waals surface area contributed by atoms with Crippen molar-refractivity contribution >= 4 is 0 Å². The highest BCUT2D eigenvalue weighted by Crippen LogP contribution is 2.35. The smallest absolute Gasteiger partial charge is 0.159 e. The Morgan fingerprint density at radius 2 is 1.90 bits per heavy atom. The molecule has 1 N–H and O–H groups in total. The molecule has 1 aromatic carbocycles. The van der Waals surface area contributed by atoms with Gasteiger partial charge in [-0.25, -0.2) is 8.78 Å². The Hall–Kier alpha value is -1.00. The lowest BCUT2D eigenvalue weighted by molar-refractivity contribution is 0.0312. The zero-order chi connectivity index (χ0) is 14.8. The SMILES string of the molecule is OC1CCCC1C1CCCCN1Cc1ccc(F)c(F)c1. The minimum absolute atomic E-state index is 0.194. The highest BCUT2D eigenvalue weighted by molar-refractivity contribution is 5.18. The van der Waals surface area contributed by atoms with Gasteiger partial charge >= 0.3 is 0 Å². The predicted octanol–water partition coefficient (Wildman–Crippen LogP) is 3.48. The quantitative estimate of drug-likeness (QED) is 0.923. The zero-order valence-corrected chi connectivity index (χ0v) is 12.3. The molecule has 1 aromatic rings. The molecule has 3 unspecified atom stereocenters. The largest absolute Gasteiger partial charge is 0.393 e. The number of aliphatic hydroxyl groups is 1. The van der Waals surface area contributed by atoms with Crippen LogP contribution in [0.5, 0.6) is 0 Å². The summed E-state index contributed by atoms with van der Waals surface area (Å²) >= 11 is 0. The van der Waals surface area contributed by atoms with Crippen molar-refractivity contribution in [2.24, 2.45) is 5.92 Å². The van der Waals surface area contributed by atoms with Crippen molar-refractivity contribution in [2.75, 3.05) is 6.54 Å². The first-order chi connectivity index (χ1) is 10.1. The highest BCUT2D eigenvalue weighted by Gasteiger charge is 2.36. The van der Waals surface area contributed by atoms with Crippen LogP contribution in [0.15, 0.2) is 18.2 Å². The van der Waals surface area contributed by atoms with Gasteiger partial charge in [0.1, 0.15) is 0 Å². The molecule has 1 aliphatic heterocycles. The van der Waals surface area contributed by atoms with Gasteiger partial charge in [-0.1, -0.05) is 18.9 Å². The summed E-state index contributed by atoms with van der Waals surface area (Å²) in [6.07, 6.45) is 6.33. The maximum absolute atomic E-state index is 13.4. The number of piperidine rings is 1. The average Bonchev–Trinajstić information content (AvgIpc) is 2.90. The van der Waals surface area contributed by atoms with Crippen LogP contribution in [0.25, 0.3) is 0 Å². The fourth-order valence-electron chi connectivity index (χ4n) is 3.99. The fraction of sp³-hybridized carbons (Fsp3) is 0.647. The Morgan fingerprint density at radius 1 is 1.05 bits per heavy atom. The van der Waals surface area contributed by atoms with E-state index in [4.69, 9.17) is 0 Å². The Morgan fingerprint density at radius 3 is 2.62 bits per heavy atom. The van der Waals surface area contributed by atoms with Gasteiger partial charge in [0.05, 0.1) is 6.10 Å². The van der Waals surface area contributed by atoms with Gasteiger partial charge in [-0.3, -0.25) is 4.90 Å². The summed E-state index contributed by atoms with van der Waals surface area (Å²) in [5, 5.41) is 10.2. The van der Waals surface area contributed by atoms with Crippen molar-refractivity contribution in [1.29, 1.82) is 0 Å². The van der Waals surface area contributed by atoms with Crippen LogP contribution in [-0.2, 0) is 6.54 Å². The Labute approximate surface area is 124 Å². The number of hydrogen-bond acceptors (Lipinski definition) is 2. The second-order valence-electron chi connectivity index (χ2n) is 6.44. The standard InChI is InChI=1S/C17H23F2NO/c18-14-8-7-12(10-15(14)19)11-20-9-2-1-5-16(20)13-4-3-6-17(13)21/h7-8,10,13,16-17,21H,1-6,9,11H2. The van der Waals surface area contributed by atoms with Crippen LogP contribution in [-0.4, -0.2) is 28.7 Å². The second kappa shape index (κ2) is 6.41. The third-order valence-electron chi connectivity index (χ3n) is 5.06. The minimum Gasteiger partial charge on any atom is -0.393 e. The van der Waals surface area contributed by atoms with Crippen molar-refractivity contribution in [3.05, 3.63) is 35.4 Å². The minimum atomic E-state index is -0.792. The van der Waals surface area contributed by atoms with Gasteiger partial charge in [0.2, 0.25) is 0 Å². The van der Waals surface area contributed by atoms with Gasteiger partial charge in [0.15, 0.2) is 11.6 Å². The number of hydrogen-bond donors (Lipinski definition) is 1. The zero-order valence-electron chi connectivity index (χ0n) is 12.3. The van der Waals surface area contributed by atoms with E-state index in [0.29, 0.717) is 18.5 Å². The van der Waals surface area contributed by atoms with Crippen molar-refractivity contribution in [1.82, 2.24) is 4.90 Å². The molecule has 4 heteroatoms. The summed E-state index contributed by atoms with van der Waals surface area (Å²) in [5.41, 5.74) is 0.813. The van der Waals surface area contributed by atoms with Crippen LogP contribution in [0.1, 0.15) is 44.1 Å². The molecule has 116 valence electrons. The van der Waals surface area contributed by atoms with E-state index in [1.807, 2.05) is 0 Å². The lowest BCUT2D eigenvalue weighted by atomic mass is 9.87. The molecule has 2 nitrogen and oxygen atoms in total. The Kier molecular flexibility index (Phi) is 4.55. The van der Waals surface area contributed by atoms with Gasteiger partial charge in [0, 0.05) is 18.5 Å². The summed E-state index contributed by atoms with van der Waals surface area (Å²) in [4.78, 5) is 2.36. The van der Waals surface area contributed by atoms with Gasteiger partial charge in [-0.05, 0) is 49.9 Å². The van der Waals surface area contributed by atoms with E-state index >= 15 is 0 Å². The van der Waals surface area contributed by atoms with Crippen LogP contribution in [0.3, 0.4) is 0 Å². The number of halogens is 2. The molecule has 3 atom stereocenters. The molecular weight excluding hydrogens is 272 g/mol. The monoisotopic (exact) mass is 295 g/mol. The molecule has 1 heterocycles. The molecule has 0 radical (unpaired) electrons. The molecule has 2 fully saturated rings. The van der Waals surface area contributed by atoms with E-state index in [9.17, 15) is 13.9 Å². The Bertz CT molecular complexity index is 494. The first-order valence-electron chi connectivity index (χ1n) is 8.01. The molecule has 0 amide bonds. The van der Waals surface area contributed by atoms with E-state index in [2.05, 4.69) is 4.90 Å². The van der Waals surface area contributed by atoms with E-state index in [1.165, 1.54) is 18.6 Å². The van der Waals surface area contributed by atoms with E-state index in [-0.39, 0.29) is 6.10 Å². The third kappa shape index (κ3) is 3.27. The molecular formula is C17H23F2NO. The van der Waals surface area contributed by atoms with Crippen LogP contribution in [0, 0.1) is 17.6 Å². The first kappa shape index (κ1) is 14.9. The third-order valence-corrected chi connectivity index (χ3v) is 5.06. The number of benzene rings is 1. The fourth-order valence-corrected chi connectivity index (χ4v) is 3.99. The molecule has 2 aliphatic rings. The van der Waals surface area contributed by atoms with Crippen LogP contribution in [0.2, 0.25) is 0 Å². The van der Waals surface area contributed by atoms with Crippen molar-refractivity contribution in [3.8, 4) is 0 Å². The molecule has 1 aliphatic carbocycles. The average molecular weight is 295 g/mol. The normalized spacial score (nSPS) is 30.7. The highest BCUT2D eigenvalue weighted by atomic mass is 19.2. The topological polar surface area (TPSA) is 23.5 Å². The van der Waals surface area contributed by atoms with Crippen molar-refractivity contribution in [3.63, 3.8) is 0 Å². The summed E-state index contributed by atoms with van der Waals surface area (Å²) in [6.45, 7) is 1.62. The number of rotatable bonds is 3. The molecule has 0 bridgehead atoms. The van der Waals surface area contributed by atoms with Crippen LogP contribution >= 0.6 is 0 Å². The maximum atomic E-state index is 13.4. The first-order valence-corrected chi connectivity index (χ1v) is 8.01. The Balaban J connectivity index is 1.73. The van der Waals surface area contributed by atoms with E-state index < -0.39 is 11.6 Å². The summed E-state index contributed by atoms with van der Waals surface area (Å²) < 4.78 is 26.4. The van der Waals surface area contributed by atoms with Crippen LogP contribution in [0.4, 0.5) is 8.78 Å². The second-order valence-corrected chi connectivity index (χ2v) is 6.44. The molecule has 3 rings (SSSR count).